The molecule has 0 heterocycles. The van der Waals surface area contributed by atoms with Gasteiger partial charge in [-0.05, 0) is 19.1 Å². The molecule has 0 radical (unpaired) electrons. The summed E-state index contributed by atoms with van der Waals surface area (Å²) in [6, 6.07) is 7.16. The lowest BCUT2D eigenvalue weighted by atomic mass is 10.3. The lowest BCUT2D eigenvalue weighted by Gasteiger charge is -2.17. The fraction of sp³-hybridized carbons (Fsp3) is 0.467. The summed E-state index contributed by atoms with van der Waals surface area (Å²) in [5, 5.41) is 0.536. The average molecular weight is 314 g/mol. The van der Waals surface area contributed by atoms with Gasteiger partial charge in [0.2, 0.25) is 5.91 Å². The monoisotopic (exact) mass is 313 g/mol. The van der Waals surface area contributed by atoms with Crippen molar-refractivity contribution >= 4 is 23.5 Å². The number of likely N-dealkylation sites (N-methyl/N-ethyl adjacent to an activating group) is 1. The minimum Gasteiger partial charge on any atom is -0.490 e. The summed E-state index contributed by atoms with van der Waals surface area (Å²) in [5.74, 6) is 0.115. The van der Waals surface area contributed by atoms with Crippen LogP contribution in [-0.2, 0) is 14.3 Å². The van der Waals surface area contributed by atoms with E-state index in [0.29, 0.717) is 30.5 Å². The van der Waals surface area contributed by atoms with Crippen LogP contribution in [0, 0.1) is 0 Å². The molecule has 0 saturated carbocycles. The van der Waals surface area contributed by atoms with E-state index in [2.05, 4.69) is 0 Å². The molecule has 0 saturated heterocycles. The molecule has 0 atom stereocenters. The van der Waals surface area contributed by atoms with Crippen molar-refractivity contribution in [3.05, 3.63) is 29.3 Å². The minimum atomic E-state index is -0.355. The van der Waals surface area contributed by atoms with Crippen molar-refractivity contribution in [3.8, 4) is 5.75 Å². The van der Waals surface area contributed by atoms with Gasteiger partial charge in [-0.3, -0.25) is 9.59 Å². The number of amides is 1. The number of benzene rings is 1. The number of hydrogen-bond acceptors (Lipinski definition) is 4. The summed E-state index contributed by atoms with van der Waals surface area (Å²) in [5.41, 5.74) is 0. The molecule has 1 aromatic carbocycles. The van der Waals surface area contributed by atoms with Crippen LogP contribution in [0.4, 0.5) is 0 Å². The second kappa shape index (κ2) is 9.23. The van der Waals surface area contributed by atoms with Crippen molar-refractivity contribution in [2.24, 2.45) is 0 Å². The zero-order chi connectivity index (χ0) is 15.7. The van der Waals surface area contributed by atoms with Gasteiger partial charge in [0.1, 0.15) is 12.4 Å². The molecule has 0 bridgehead atoms. The van der Waals surface area contributed by atoms with E-state index >= 15 is 0 Å². The lowest BCUT2D eigenvalue weighted by molar-refractivity contribution is -0.145. The Bertz CT molecular complexity index is 478. The molecule has 1 amide bonds. The topological polar surface area (TPSA) is 55.8 Å². The zero-order valence-corrected chi connectivity index (χ0v) is 13.1. The standard InChI is InChI=1S/C15H20ClNO4/c1-3-20-15(19)9-8-14(18)17(2)10-11-21-13-7-5-4-6-12(13)16/h4-7H,3,8-11H2,1-2H3. The van der Waals surface area contributed by atoms with Crippen LogP contribution in [-0.4, -0.2) is 43.6 Å². The van der Waals surface area contributed by atoms with Crippen molar-refractivity contribution in [1.82, 2.24) is 4.90 Å². The average Bonchev–Trinajstić information content (AvgIpc) is 2.47. The molecule has 1 rings (SSSR count). The van der Waals surface area contributed by atoms with E-state index in [9.17, 15) is 9.59 Å². The largest absolute Gasteiger partial charge is 0.490 e. The van der Waals surface area contributed by atoms with Crippen LogP contribution in [0.15, 0.2) is 24.3 Å². The molecule has 5 nitrogen and oxygen atoms in total. The highest BCUT2D eigenvalue weighted by Crippen LogP contribution is 2.22. The van der Waals surface area contributed by atoms with Gasteiger partial charge in [0.05, 0.1) is 24.6 Å². The van der Waals surface area contributed by atoms with Gasteiger partial charge in [0.25, 0.3) is 0 Å². The predicted octanol–water partition coefficient (Wildman–Crippen LogP) is 2.52. The molecule has 0 aliphatic rings. The maximum Gasteiger partial charge on any atom is 0.306 e. The second-order valence-electron chi connectivity index (χ2n) is 4.40. The summed E-state index contributed by atoms with van der Waals surface area (Å²) in [6.45, 7) is 2.82. The number of halogens is 1. The van der Waals surface area contributed by atoms with Gasteiger partial charge in [-0.2, -0.15) is 0 Å². The fourth-order valence-electron chi connectivity index (χ4n) is 1.61. The van der Waals surface area contributed by atoms with Gasteiger partial charge in [0, 0.05) is 13.5 Å². The molecule has 0 fully saturated rings. The van der Waals surface area contributed by atoms with Gasteiger partial charge in [-0.1, -0.05) is 23.7 Å². The van der Waals surface area contributed by atoms with E-state index in [-0.39, 0.29) is 24.7 Å². The molecule has 0 aromatic heterocycles. The van der Waals surface area contributed by atoms with Crippen LogP contribution in [0.25, 0.3) is 0 Å². The number of para-hydroxylation sites is 1. The Morgan fingerprint density at radius 3 is 2.62 bits per heavy atom. The highest BCUT2D eigenvalue weighted by molar-refractivity contribution is 6.32. The van der Waals surface area contributed by atoms with Crippen molar-refractivity contribution in [3.63, 3.8) is 0 Å². The first-order valence-corrected chi connectivity index (χ1v) is 7.19. The molecule has 0 aliphatic carbocycles. The van der Waals surface area contributed by atoms with Crippen LogP contribution in [0.1, 0.15) is 19.8 Å². The third kappa shape index (κ3) is 6.49. The molecule has 6 heteroatoms. The molecule has 0 unspecified atom stereocenters. The first kappa shape index (κ1) is 17.3. The van der Waals surface area contributed by atoms with Gasteiger partial charge in [0.15, 0.2) is 0 Å². The Balaban J connectivity index is 2.27. The fourth-order valence-corrected chi connectivity index (χ4v) is 1.80. The maximum atomic E-state index is 11.8. The Kier molecular flexibility index (Phi) is 7.61. The van der Waals surface area contributed by atoms with E-state index in [1.807, 2.05) is 12.1 Å². The minimum absolute atomic E-state index is 0.0996. The number of esters is 1. The number of hydrogen-bond donors (Lipinski definition) is 0. The van der Waals surface area contributed by atoms with Gasteiger partial charge in [-0.25, -0.2) is 0 Å². The first-order valence-electron chi connectivity index (χ1n) is 6.81. The molecule has 0 aliphatic heterocycles. The number of nitrogens with zero attached hydrogens (tertiary/aromatic N) is 1. The van der Waals surface area contributed by atoms with Gasteiger partial charge < -0.3 is 14.4 Å². The smallest absolute Gasteiger partial charge is 0.306 e. The predicted molar refractivity (Wildman–Crippen MR) is 80.5 cm³/mol. The summed E-state index contributed by atoms with van der Waals surface area (Å²) in [4.78, 5) is 24.5. The van der Waals surface area contributed by atoms with E-state index in [1.165, 1.54) is 4.90 Å². The zero-order valence-electron chi connectivity index (χ0n) is 12.3. The van der Waals surface area contributed by atoms with Crippen molar-refractivity contribution in [1.29, 1.82) is 0 Å². The Labute approximate surface area is 129 Å². The second-order valence-corrected chi connectivity index (χ2v) is 4.81. The number of rotatable bonds is 8. The van der Waals surface area contributed by atoms with Crippen LogP contribution < -0.4 is 4.74 Å². The Hall–Kier alpha value is -1.75. The maximum absolute atomic E-state index is 11.8. The van der Waals surface area contributed by atoms with Gasteiger partial charge in [-0.15, -0.1) is 0 Å². The Morgan fingerprint density at radius 1 is 1.24 bits per heavy atom. The molecular weight excluding hydrogens is 294 g/mol. The third-order valence-corrected chi connectivity index (χ3v) is 3.11. The summed E-state index contributed by atoms with van der Waals surface area (Å²) in [7, 11) is 1.67. The van der Waals surface area contributed by atoms with Crippen molar-refractivity contribution < 1.29 is 19.1 Å². The van der Waals surface area contributed by atoms with E-state index in [1.54, 1.807) is 26.1 Å². The number of ether oxygens (including phenoxy) is 2. The molecule has 21 heavy (non-hydrogen) atoms. The number of carbonyl (C=O) groups is 2. The molecule has 0 spiro atoms. The van der Waals surface area contributed by atoms with Crippen LogP contribution >= 0.6 is 11.6 Å². The van der Waals surface area contributed by atoms with Crippen LogP contribution in [0.2, 0.25) is 5.02 Å². The lowest BCUT2D eigenvalue weighted by Crippen LogP contribution is -2.31. The van der Waals surface area contributed by atoms with E-state index in [0.717, 1.165) is 0 Å². The SMILES string of the molecule is CCOC(=O)CCC(=O)N(C)CCOc1ccccc1Cl. The van der Waals surface area contributed by atoms with E-state index < -0.39 is 0 Å². The summed E-state index contributed by atoms with van der Waals surface area (Å²) in [6.07, 6.45) is 0.240. The molecular formula is C15H20ClNO4. The van der Waals surface area contributed by atoms with Crippen LogP contribution in [0.3, 0.4) is 0 Å². The van der Waals surface area contributed by atoms with Crippen molar-refractivity contribution in [2.45, 2.75) is 19.8 Å². The van der Waals surface area contributed by atoms with Crippen molar-refractivity contribution in [2.75, 3.05) is 26.8 Å². The quantitative estimate of drug-likeness (QED) is 0.692. The highest BCUT2D eigenvalue weighted by Gasteiger charge is 2.12. The van der Waals surface area contributed by atoms with Crippen LogP contribution in [0.5, 0.6) is 5.75 Å². The summed E-state index contributed by atoms with van der Waals surface area (Å²) >= 11 is 5.96. The molecule has 116 valence electrons. The highest BCUT2D eigenvalue weighted by atomic mass is 35.5. The first-order chi connectivity index (χ1) is 10.0. The van der Waals surface area contributed by atoms with E-state index in [4.69, 9.17) is 21.1 Å². The number of carbonyl (C=O) groups excluding carboxylic acids is 2. The molecule has 1 aromatic rings. The third-order valence-electron chi connectivity index (χ3n) is 2.79. The summed E-state index contributed by atoms with van der Waals surface area (Å²) < 4.78 is 10.3. The van der Waals surface area contributed by atoms with Gasteiger partial charge >= 0.3 is 5.97 Å². The Morgan fingerprint density at radius 2 is 1.95 bits per heavy atom. The molecule has 0 N–H and O–H groups in total. The normalized spacial score (nSPS) is 10.0.